The molecule has 2 heterocycles. The standard InChI is InChI=1S/C14H8ClFN2O2.C2H6/c15-9-4-5-11-17-12(14(19)20)13(18(11)7-9)8-2-1-3-10(16)6-8;1-2/h1-7H,(H,19,20);1-2H3. The van der Waals surface area contributed by atoms with Gasteiger partial charge in [-0.2, -0.15) is 0 Å². The topological polar surface area (TPSA) is 54.6 Å². The Hall–Kier alpha value is -2.40. The Morgan fingerprint density at radius 3 is 2.64 bits per heavy atom. The zero-order valence-corrected chi connectivity index (χ0v) is 12.8. The van der Waals surface area contributed by atoms with E-state index in [1.54, 1.807) is 28.8 Å². The minimum atomic E-state index is -1.18. The molecule has 0 aliphatic carbocycles. The molecule has 0 bridgehead atoms. The second-order valence-corrected chi connectivity index (χ2v) is 4.64. The van der Waals surface area contributed by atoms with Crippen molar-refractivity contribution in [3.05, 3.63) is 59.1 Å². The largest absolute Gasteiger partial charge is 0.476 e. The van der Waals surface area contributed by atoms with Crippen LogP contribution < -0.4 is 0 Å². The van der Waals surface area contributed by atoms with Gasteiger partial charge >= 0.3 is 5.97 Å². The number of aromatic nitrogens is 2. The third kappa shape index (κ3) is 2.94. The minimum absolute atomic E-state index is 0.141. The molecule has 3 aromatic rings. The zero-order valence-electron chi connectivity index (χ0n) is 12.0. The van der Waals surface area contributed by atoms with Gasteiger partial charge in [0, 0.05) is 11.8 Å². The number of hydrogen-bond donors (Lipinski definition) is 1. The number of carbonyl (C=O) groups is 1. The molecule has 3 rings (SSSR count). The lowest BCUT2D eigenvalue weighted by molar-refractivity contribution is 0.0692. The Kier molecular flexibility index (Phi) is 4.78. The summed E-state index contributed by atoms with van der Waals surface area (Å²) in [6.07, 6.45) is 1.55. The van der Waals surface area contributed by atoms with Gasteiger partial charge in [-0.05, 0) is 24.3 Å². The Morgan fingerprint density at radius 1 is 1.27 bits per heavy atom. The van der Waals surface area contributed by atoms with Crippen LogP contribution in [0.1, 0.15) is 24.3 Å². The van der Waals surface area contributed by atoms with Crippen LogP contribution in [0.4, 0.5) is 4.39 Å². The highest BCUT2D eigenvalue weighted by atomic mass is 35.5. The maximum atomic E-state index is 13.4. The molecule has 2 aromatic heterocycles. The molecule has 22 heavy (non-hydrogen) atoms. The van der Waals surface area contributed by atoms with Gasteiger partial charge in [0.05, 0.1) is 10.7 Å². The molecule has 0 radical (unpaired) electrons. The van der Waals surface area contributed by atoms with E-state index in [9.17, 15) is 14.3 Å². The van der Waals surface area contributed by atoms with Gasteiger partial charge in [0.15, 0.2) is 5.69 Å². The molecule has 6 heteroatoms. The number of carboxylic acid groups (broad SMARTS) is 1. The molecule has 0 atom stereocenters. The van der Waals surface area contributed by atoms with Crippen LogP contribution in [-0.4, -0.2) is 20.5 Å². The van der Waals surface area contributed by atoms with E-state index >= 15 is 0 Å². The molecule has 0 spiro atoms. The van der Waals surface area contributed by atoms with Crippen LogP contribution in [0.15, 0.2) is 42.6 Å². The summed E-state index contributed by atoms with van der Waals surface area (Å²) >= 11 is 5.93. The molecule has 0 fully saturated rings. The van der Waals surface area contributed by atoms with E-state index in [4.69, 9.17) is 11.6 Å². The highest BCUT2D eigenvalue weighted by Gasteiger charge is 2.20. The lowest BCUT2D eigenvalue weighted by Gasteiger charge is -2.04. The monoisotopic (exact) mass is 320 g/mol. The summed E-state index contributed by atoms with van der Waals surface area (Å²) in [5.41, 5.74) is 1.02. The van der Waals surface area contributed by atoms with Crippen molar-refractivity contribution < 1.29 is 14.3 Å². The Bertz CT molecular complexity index is 830. The van der Waals surface area contributed by atoms with Gasteiger partial charge in [-0.3, -0.25) is 4.40 Å². The number of rotatable bonds is 2. The predicted octanol–water partition coefficient (Wildman–Crippen LogP) is 4.52. The van der Waals surface area contributed by atoms with Gasteiger partial charge in [0.2, 0.25) is 0 Å². The molecular weight excluding hydrogens is 307 g/mol. The van der Waals surface area contributed by atoms with Crippen LogP contribution in [0.5, 0.6) is 0 Å². The van der Waals surface area contributed by atoms with Gasteiger partial charge in [-0.15, -0.1) is 0 Å². The molecule has 0 unspecified atom stereocenters. The minimum Gasteiger partial charge on any atom is -0.476 e. The number of hydrogen-bond acceptors (Lipinski definition) is 2. The second kappa shape index (κ2) is 6.58. The molecule has 1 aromatic carbocycles. The Balaban J connectivity index is 0.000000847. The average molecular weight is 321 g/mol. The van der Waals surface area contributed by atoms with Gasteiger partial charge in [0.1, 0.15) is 11.5 Å². The highest BCUT2D eigenvalue weighted by Crippen LogP contribution is 2.27. The van der Waals surface area contributed by atoms with Crippen molar-refractivity contribution >= 4 is 23.2 Å². The third-order valence-electron chi connectivity index (χ3n) is 2.88. The SMILES string of the molecule is CC.O=C(O)c1nc2ccc(Cl)cn2c1-c1cccc(F)c1. The first-order valence-corrected chi connectivity index (χ1v) is 7.11. The number of aromatic carboxylic acids is 1. The Labute approximate surface area is 131 Å². The summed E-state index contributed by atoms with van der Waals surface area (Å²) in [7, 11) is 0. The fraction of sp³-hybridized carbons (Fsp3) is 0.125. The number of carboxylic acids is 1. The summed E-state index contributed by atoms with van der Waals surface area (Å²) < 4.78 is 14.9. The fourth-order valence-corrected chi connectivity index (χ4v) is 2.24. The van der Waals surface area contributed by atoms with Crippen molar-refractivity contribution in [1.29, 1.82) is 0 Å². The zero-order chi connectivity index (χ0) is 16.3. The van der Waals surface area contributed by atoms with E-state index in [1.807, 2.05) is 13.8 Å². The first-order valence-electron chi connectivity index (χ1n) is 6.73. The smallest absolute Gasteiger partial charge is 0.356 e. The maximum Gasteiger partial charge on any atom is 0.356 e. The van der Waals surface area contributed by atoms with Crippen molar-refractivity contribution in [3.8, 4) is 11.3 Å². The van der Waals surface area contributed by atoms with E-state index < -0.39 is 11.8 Å². The first-order chi connectivity index (χ1) is 10.6. The maximum absolute atomic E-state index is 13.4. The number of fused-ring (bicyclic) bond motifs is 1. The summed E-state index contributed by atoms with van der Waals surface area (Å²) in [4.78, 5) is 15.4. The molecule has 0 saturated heterocycles. The molecule has 1 N–H and O–H groups in total. The number of nitrogens with zero attached hydrogens (tertiary/aromatic N) is 2. The van der Waals surface area contributed by atoms with Crippen LogP contribution >= 0.6 is 11.6 Å². The van der Waals surface area contributed by atoms with Gasteiger partial charge in [-0.25, -0.2) is 14.2 Å². The van der Waals surface area contributed by atoms with E-state index in [1.165, 1.54) is 18.2 Å². The van der Waals surface area contributed by atoms with Crippen molar-refractivity contribution in [1.82, 2.24) is 9.38 Å². The Morgan fingerprint density at radius 2 is 2.00 bits per heavy atom. The molecule has 0 amide bonds. The molecule has 4 nitrogen and oxygen atoms in total. The van der Waals surface area contributed by atoms with Crippen LogP contribution in [0.25, 0.3) is 16.9 Å². The number of imidazole rings is 1. The van der Waals surface area contributed by atoms with Gasteiger partial charge in [-0.1, -0.05) is 37.6 Å². The van der Waals surface area contributed by atoms with Crippen LogP contribution in [0.3, 0.4) is 0 Å². The molecule has 0 saturated carbocycles. The normalized spacial score (nSPS) is 10.2. The van der Waals surface area contributed by atoms with E-state index in [2.05, 4.69) is 4.98 Å². The summed E-state index contributed by atoms with van der Waals surface area (Å²) in [5.74, 6) is -1.63. The molecule has 0 aliphatic heterocycles. The van der Waals surface area contributed by atoms with E-state index in [-0.39, 0.29) is 5.69 Å². The average Bonchev–Trinajstić information content (AvgIpc) is 2.88. The van der Waals surface area contributed by atoms with Crippen molar-refractivity contribution in [3.63, 3.8) is 0 Å². The molecular formula is C16H14ClFN2O2. The number of pyridine rings is 1. The first kappa shape index (κ1) is 16.0. The highest BCUT2D eigenvalue weighted by molar-refractivity contribution is 6.30. The quantitative estimate of drug-likeness (QED) is 0.755. The van der Waals surface area contributed by atoms with Gasteiger partial charge < -0.3 is 5.11 Å². The summed E-state index contributed by atoms with van der Waals surface area (Å²) in [6, 6.07) is 8.92. The molecule has 0 aliphatic rings. The summed E-state index contributed by atoms with van der Waals surface area (Å²) in [6.45, 7) is 4.00. The second-order valence-electron chi connectivity index (χ2n) is 4.20. The van der Waals surface area contributed by atoms with Crippen molar-refractivity contribution in [2.45, 2.75) is 13.8 Å². The van der Waals surface area contributed by atoms with E-state index in [0.717, 1.165) is 0 Å². The predicted molar refractivity (Wildman–Crippen MR) is 83.9 cm³/mol. The van der Waals surface area contributed by atoms with Crippen molar-refractivity contribution in [2.24, 2.45) is 0 Å². The summed E-state index contributed by atoms with van der Waals surface area (Å²) in [5, 5.41) is 9.70. The number of halogens is 2. The fourth-order valence-electron chi connectivity index (χ4n) is 2.08. The van der Waals surface area contributed by atoms with Gasteiger partial charge in [0.25, 0.3) is 0 Å². The van der Waals surface area contributed by atoms with Crippen LogP contribution in [0, 0.1) is 5.82 Å². The lowest BCUT2D eigenvalue weighted by Crippen LogP contribution is -2.00. The van der Waals surface area contributed by atoms with E-state index in [0.29, 0.717) is 21.9 Å². The lowest BCUT2D eigenvalue weighted by atomic mass is 10.1. The third-order valence-corrected chi connectivity index (χ3v) is 3.11. The number of benzene rings is 1. The molecule has 114 valence electrons. The van der Waals surface area contributed by atoms with Crippen LogP contribution in [-0.2, 0) is 0 Å². The van der Waals surface area contributed by atoms with Crippen molar-refractivity contribution in [2.75, 3.05) is 0 Å². The van der Waals surface area contributed by atoms with Crippen LogP contribution in [0.2, 0.25) is 5.02 Å².